The molecule has 0 bridgehead atoms. The van der Waals surface area contributed by atoms with E-state index in [9.17, 15) is 0 Å². The fraction of sp³-hybridized carbons (Fsp3) is 0.200. The van der Waals surface area contributed by atoms with Crippen molar-refractivity contribution >= 4 is 11.0 Å². The first-order valence-electron chi connectivity index (χ1n) is 6.43. The number of hydrogen-bond acceptors (Lipinski definition) is 3. The van der Waals surface area contributed by atoms with E-state index >= 15 is 0 Å². The van der Waals surface area contributed by atoms with Gasteiger partial charge in [-0.3, -0.25) is 0 Å². The van der Waals surface area contributed by atoms with Gasteiger partial charge in [0.25, 0.3) is 0 Å². The summed E-state index contributed by atoms with van der Waals surface area (Å²) in [4.78, 5) is 8.77. The van der Waals surface area contributed by atoms with Crippen LogP contribution in [0.15, 0.2) is 48.9 Å². The first kappa shape index (κ1) is 10.6. The van der Waals surface area contributed by atoms with Crippen LogP contribution in [0.4, 0.5) is 0 Å². The molecular formula is C15H13N3O. The van der Waals surface area contributed by atoms with Crippen LogP contribution in [0.5, 0.6) is 5.88 Å². The monoisotopic (exact) mass is 251 g/mol. The minimum Gasteiger partial charge on any atom is -0.477 e. The Morgan fingerprint density at radius 2 is 2.05 bits per heavy atom. The van der Waals surface area contributed by atoms with E-state index in [0.717, 1.165) is 28.9 Å². The fourth-order valence-corrected chi connectivity index (χ4v) is 2.72. The molecule has 0 fully saturated rings. The molecule has 0 amide bonds. The molecule has 0 saturated heterocycles. The van der Waals surface area contributed by atoms with Crippen molar-refractivity contribution in [2.75, 3.05) is 6.61 Å². The molecule has 1 aromatic carbocycles. The van der Waals surface area contributed by atoms with Gasteiger partial charge in [-0.1, -0.05) is 18.2 Å². The van der Waals surface area contributed by atoms with Gasteiger partial charge in [0.15, 0.2) is 0 Å². The summed E-state index contributed by atoms with van der Waals surface area (Å²) >= 11 is 0. The van der Waals surface area contributed by atoms with E-state index in [2.05, 4.69) is 26.7 Å². The molecule has 1 unspecified atom stereocenters. The van der Waals surface area contributed by atoms with Gasteiger partial charge in [0, 0.05) is 18.2 Å². The Hall–Kier alpha value is -2.36. The van der Waals surface area contributed by atoms with E-state index in [0.29, 0.717) is 6.61 Å². The Kier molecular flexibility index (Phi) is 2.27. The molecule has 1 aliphatic rings. The Morgan fingerprint density at radius 3 is 3.05 bits per heavy atom. The van der Waals surface area contributed by atoms with Crippen LogP contribution < -0.4 is 4.74 Å². The largest absolute Gasteiger partial charge is 0.477 e. The quantitative estimate of drug-likeness (QED) is 0.667. The second-order valence-corrected chi connectivity index (χ2v) is 4.69. The zero-order valence-electron chi connectivity index (χ0n) is 10.4. The Bertz CT molecular complexity index is 735. The zero-order valence-corrected chi connectivity index (χ0v) is 10.4. The number of imidazole rings is 1. The Balaban J connectivity index is 1.90. The lowest BCUT2D eigenvalue weighted by Gasteiger charge is -2.26. The number of aromatic nitrogens is 3. The van der Waals surface area contributed by atoms with Crippen molar-refractivity contribution in [3.8, 4) is 5.88 Å². The van der Waals surface area contributed by atoms with Gasteiger partial charge < -0.3 is 9.30 Å². The summed E-state index contributed by atoms with van der Waals surface area (Å²) in [7, 11) is 0. The average Bonchev–Trinajstić information content (AvgIpc) is 2.90. The van der Waals surface area contributed by atoms with Crippen LogP contribution in [0, 0.1) is 0 Å². The molecule has 2 aromatic heterocycles. The minimum absolute atomic E-state index is 0.254. The van der Waals surface area contributed by atoms with Gasteiger partial charge in [-0.15, -0.1) is 0 Å². The number of para-hydroxylation sites is 2. The molecule has 4 rings (SSSR count). The second-order valence-electron chi connectivity index (χ2n) is 4.69. The number of benzene rings is 1. The highest BCUT2D eigenvalue weighted by Crippen LogP contribution is 2.34. The maximum absolute atomic E-state index is 5.62. The van der Waals surface area contributed by atoms with Gasteiger partial charge in [-0.25, -0.2) is 9.97 Å². The topological polar surface area (TPSA) is 39.9 Å². The number of pyridine rings is 1. The van der Waals surface area contributed by atoms with E-state index in [4.69, 9.17) is 4.74 Å². The number of hydrogen-bond donors (Lipinski definition) is 0. The van der Waals surface area contributed by atoms with Gasteiger partial charge in [0.1, 0.15) is 0 Å². The number of ether oxygens (including phenoxy) is 1. The number of fused-ring (bicyclic) bond motifs is 2. The standard InChI is InChI=1S/C15H13N3O/c1-2-6-14-12(5-1)17-10-18(14)13-7-9-19-15-11(13)4-3-8-16-15/h1-6,8,10,13H,7,9H2. The maximum atomic E-state index is 5.62. The van der Waals surface area contributed by atoms with Crippen molar-refractivity contribution in [1.82, 2.24) is 14.5 Å². The molecule has 0 saturated carbocycles. The van der Waals surface area contributed by atoms with Crippen LogP contribution in [0.2, 0.25) is 0 Å². The molecule has 4 nitrogen and oxygen atoms in total. The van der Waals surface area contributed by atoms with Crippen LogP contribution in [0.3, 0.4) is 0 Å². The molecule has 1 aliphatic heterocycles. The summed E-state index contributed by atoms with van der Waals surface area (Å²) < 4.78 is 7.84. The van der Waals surface area contributed by atoms with Gasteiger partial charge in [0.2, 0.25) is 5.88 Å². The third-order valence-corrected chi connectivity index (χ3v) is 3.61. The Labute approximate surface area is 110 Å². The highest BCUT2D eigenvalue weighted by atomic mass is 16.5. The molecule has 0 aliphatic carbocycles. The predicted octanol–water partition coefficient (Wildman–Crippen LogP) is 2.80. The first-order valence-corrected chi connectivity index (χ1v) is 6.43. The smallest absolute Gasteiger partial charge is 0.218 e. The lowest BCUT2D eigenvalue weighted by atomic mass is 10.0. The van der Waals surface area contributed by atoms with Gasteiger partial charge >= 0.3 is 0 Å². The van der Waals surface area contributed by atoms with Crippen molar-refractivity contribution in [1.29, 1.82) is 0 Å². The summed E-state index contributed by atoms with van der Waals surface area (Å²) in [6.07, 6.45) is 4.63. The fourth-order valence-electron chi connectivity index (χ4n) is 2.72. The molecule has 3 aromatic rings. The summed E-state index contributed by atoms with van der Waals surface area (Å²) in [5, 5.41) is 0. The van der Waals surface area contributed by atoms with Crippen LogP contribution in [0.1, 0.15) is 18.0 Å². The summed E-state index contributed by atoms with van der Waals surface area (Å²) in [6, 6.07) is 12.5. The molecule has 4 heteroatoms. The van der Waals surface area contributed by atoms with Crippen molar-refractivity contribution in [3.63, 3.8) is 0 Å². The normalized spacial score (nSPS) is 18.0. The maximum Gasteiger partial charge on any atom is 0.218 e. The number of rotatable bonds is 1. The van der Waals surface area contributed by atoms with E-state index in [1.54, 1.807) is 6.20 Å². The lowest BCUT2D eigenvalue weighted by molar-refractivity contribution is 0.247. The van der Waals surface area contributed by atoms with Crippen LogP contribution in [0.25, 0.3) is 11.0 Å². The predicted molar refractivity (Wildman–Crippen MR) is 72.2 cm³/mol. The van der Waals surface area contributed by atoms with Crippen molar-refractivity contribution < 1.29 is 4.74 Å². The zero-order chi connectivity index (χ0) is 12.7. The van der Waals surface area contributed by atoms with E-state index < -0.39 is 0 Å². The minimum atomic E-state index is 0.254. The van der Waals surface area contributed by atoms with Crippen LogP contribution in [-0.4, -0.2) is 21.1 Å². The van der Waals surface area contributed by atoms with E-state index in [1.807, 2.05) is 30.6 Å². The lowest BCUT2D eigenvalue weighted by Crippen LogP contribution is -2.20. The molecule has 0 spiro atoms. The SMILES string of the molecule is c1cnc2c(c1)C(n1cnc3ccccc31)CCO2. The van der Waals surface area contributed by atoms with Crippen molar-refractivity contribution in [3.05, 3.63) is 54.5 Å². The Morgan fingerprint density at radius 1 is 1.11 bits per heavy atom. The molecule has 94 valence electrons. The van der Waals surface area contributed by atoms with Gasteiger partial charge in [-0.05, 0) is 18.2 Å². The van der Waals surface area contributed by atoms with Crippen molar-refractivity contribution in [2.45, 2.75) is 12.5 Å². The highest BCUT2D eigenvalue weighted by molar-refractivity contribution is 5.75. The summed E-state index contributed by atoms with van der Waals surface area (Å²) in [5.41, 5.74) is 3.32. The summed E-state index contributed by atoms with van der Waals surface area (Å²) in [5.74, 6) is 0.747. The molecule has 3 heterocycles. The van der Waals surface area contributed by atoms with Gasteiger partial charge in [-0.2, -0.15) is 0 Å². The molecule has 19 heavy (non-hydrogen) atoms. The van der Waals surface area contributed by atoms with Crippen LogP contribution in [-0.2, 0) is 0 Å². The third kappa shape index (κ3) is 1.60. The highest BCUT2D eigenvalue weighted by Gasteiger charge is 2.24. The second kappa shape index (κ2) is 4.09. The average molecular weight is 251 g/mol. The van der Waals surface area contributed by atoms with E-state index in [1.165, 1.54) is 0 Å². The third-order valence-electron chi connectivity index (χ3n) is 3.61. The van der Waals surface area contributed by atoms with E-state index in [-0.39, 0.29) is 6.04 Å². The molecule has 0 radical (unpaired) electrons. The van der Waals surface area contributed by atoms with Crippen molar-refractivity contribution in [2.24, 2.45) is 0 Å². The van der Waals surface area contributed by atoms with Gasteiger partial charge in [0.05, 0.1) is 30.0 Å². The summed E-state index contributed by atoms with van der Waals surface area (Å²) in [6.45, 7) is 0.696. The number of nitrogens with zero attached hydrogens (tertiary/aromatic N) is 3. The molecule has 1 atom stereocenters. The van der Waals surface area contributed by atoms with Crippen LogP contribution >= 0.6 is 0 Å². The molecule has 0 N–H and O–H groups in total. The molecular weight excluding hydrogens is 238 g/mol. The first-order chi connectivity index (χ1) is 9.43.